The third-order valence-electron chi connectivity index (χ3n) is 22.0. The lowest BCUT2D eigenvalue weighted by atomic mass is 9.93. The van der Waals surface area contributed by atoms with Gasteiger partial charge in [-0.1, -0.05) is 0 Å². The van der Waals surface area contributed by atoms with E-state index in [0.717, 1.165) is 27.7 Å². The molecule has 30 N–H and O–H groups in total. The highest BCUT2D eigenvalue weighted by Gasteiger charge is 2.62. The highest BCUT2D eigenvalue weighted by molar-refractivity contribution is 5.74. The zero-order valence-corrected chi connectivity index (χ0v) is 64.7. The first kappa shape index (κ1) is 98.3. The van der Waals surface area contributed by atoms with Gasteiger partial charge in [0.2, 0.25) is 23.6 Å². The summed E-state index contributed by atoms with van der Waals surface area (Å²) in [7, 11) is 0. The van der Waals surface area contributed by atoms with Crippen LogP contribution in [0.25, 0.3) is 0 Å². The molecular weight excluding hydrogens is 1640 g/mol. The first-order valence-corrected chi connectivity index (χ1v) is 38.4. The van der Waals surface area contributed by atoms with Crippen LogP contribution < -0.4 is 21.3 Å². The zero-order chi connectivity index (χ0) is 88.2. The van der Waals surface area contributed by atoms with Gasteiger partial charge in [-0.3, -0.25) is 19.2 Å². The largest absolute Gasteiger partial charge is 0.394 e. The van der Waals surface area contributed by atoms with Crippen LogP contribution in [-0.4, -0.2) is 517 Å². The second-order valence-corrected chi connectivity index (χ2v) is 30.5. The molecule has 0 aromatic heterocycles. The van der Waals surface area contributed by atoms with E-state index in [0.29, 0.717) is 0 Å². The molecule has 53 nitrogen and oxygen atoms in total. The van der Waals surface area contributed by atoms with Gasteiger partial charge in [0.15, 0.2) is 62.9 Å². The van der Waals surface area contributed by atoms with E-state index in [1.807, 2.05) is 0 Å². The van der Waals surface area contributed by atoms with E-state index in [4.69, 9.17) is 90.0 Å². The third-order valence-corrected chi connectivity index (χ3v) is 22.0. The average Bonchev–Trinajstić information content (AvgIpc) is 0.766. The molecule has 0 aliphatic carbocycles. The zero-order valence-electron chi connectivity index (χ0n) is 64.7. The van der Waals surface area contributed by atoms with Crippen LogP contribution in [0.1, 0.15) is 34.6 Å². The average molecular weight is 1760 g/mol. The summed E-state index contributed by atoms with van der Waals surface area (Å²) < 4.78 is 114. The second-order valence-electron chi connectivity index (χ2n) is 30.5. The molecular formula is C67H112N4O49. The number of amides is 4. The van der Waals surface area contributed by atoms with Crippen LogP contribution in [0, 0.1) is 0 Å². The summed E-state index contributed by atoms with van der Waals surface area (Å²) >= 11 is 0. The van der Waals surface area contributed by atoms with Crippen LogP contribution >= 0.6 is 0 Å². The van der Waals surface area contributed by atoms with Gasteiger partial charge in [-0.25, -0.2) is 0 Å². The molecule has 10 aliphatic heterocycles. The summed E-state index contributed by atoms with van der Waals surface area (Å²) in [5, 5.41) is 300. The predicted octanol–water partition coefficient (Wildman–Crippen LogP) is -20.6. The molecule has 53 heteroatoms. The second kappa shape index (κ2) is 42.8. The summed E-state index contributed by atoms with van der Waals surface area (Å²) in [5.41, 5.74) is 0. The van der Waals surface area contributed by atoms with Gasteiger partial charge < -0.3 is 244 Å². The Hall–Kier alpha value is -3.92. The SMILES string of the molecule is CC(=O)N[C@H]1[C@H](O[C@H]2[C@H](O[C@@H]3O[C@@H](C)[C@@H](O)[C@@H](O)[C@@H]3O)[C@@H](NC(C)=O)C(O)O[C@@H]2CO)O[C@H](CO)[C@@H](O[C@@H]2O[C@H](CO[C@H]3O[C@H](CO)[C@@H](O[C@@H]4O[C@H](CO)[C@@H](O)[C@H](O[C@@H]5O[C@H](CO)[C@H](O)[C@H](O)[C@H]5O)[C@H]4NC(C)=O)[C@H](O)[C@@H]3O)[C@@H](O)[C@H](O[C@H]3O[C@H](CO)[C@@H](O[C@@H]4O[C@H](CO)[C@@H](O)[C@H](O)[C@H]4NC(C)=O)[C@H](O)[C@@H]3O)[C@@H]2O[C@@H]2OC[C@@H](O)[C@H](O)[C@H]2O)[C@@H]1O. The fraction of sp³-hybridized carbons (Fsp3) is 0.940. The van der Waals surface area contributed by atoms with Crippen molar-refractivity contribution in [3.63, 3.8) is 0 Å². The smallest absolute Gasteiger partial charge is 0.217 e. The monoisotopic (exact) mass is 1760 g/mol. The molecule has 1 unspecified atom stereocenters. The van der Waals surface area contributed by atoms with E-state index < -0.39 is 384 Å². The molecule has 694 valence electrons. The number of carbonyl (C=O) groups excluding carboxylic acids is 4. The van der Waals surface area contributed by atoms with Crippen molar-refractivity contribution in [2.45, 2.75) is 335 Å². The fourth-order valence-corrected chi connectivity index (χ4v) is 15.6. The lowest BCUT2D eigenvalue weighted by Crippen LogP contribution is -2.71. The quantitative estimate of drug-likeness (QED) is 0.0318. The minimum atomic E-state index is -2.51. The maximum atomic E-state index is 13.4. The van der Waals surface area contributed by atoms with Gasteiger partial charge in [0.25, 0.3) is 0 Å². The summed E-state index contributed by atoms with van der Waals surface area (Å²) in [5.74, 6) is -3.61. The molecule has 0 bridgehead atoms. The van der Waals surface area contributed by atoms with E-state index in [2.05, 4.69) is 21.3 Å². The lowest BCUT2D eigenvalue weighted by molar-refractivity contribution is -0.408. The van der Waals surface area contributed by atoms with Crippen molar-refractivity contribution < 1.29 is 242 Å². The van der Waals surface area contributed by atoms with Crippen LogP contribution in [0.2, 0.25) is 0 Å². The van der Waals surface area contributed by atoms with Gasteiger partial charge in [0, 0.05) is 27.7 Å². The molecule has 0 aromatic carbocycles. The molecule has 49 atom stereocenters. The molecule has 0 radical (unpaired) electrons. The van der Waals surface area contributed by atoms with Crippen LogP contribution in [0.15, 0.2) is 0 Å². The molecule has 10 saturated heterocycles. The first-order chi connectivity index (χ1) is 56.8. The number of aliphatic hydroxyl groups excluding tert-OH is 26. The van der Waals surface area contributed by atoms with Crippen molar-refractivity contribution in [2.24, 2.45) is 0 Å². The van der Waals surface area contributed by atoms with E-state index >= 15 is 0 Å². The number of hydrogen-bond acceptors (Lipinski definition) is 49. The topological polar surface area (TPSA) is 818 Å². The predicted molar refractivity (Wildman–Crippen MR) is 369 cm³/mol. The Labute approximate surface area is 679 Å². The van der Waals surface area contributed by atoms with Gasteiger partial charge in [-0.05, 0) is 6.92 Å². The Morgan fingerprint density at radius 3 is 1.12 bits per heavy atom. The molecule has 10 aliphatic rings. The van der Waals surface area contributed by atoms with Gasteiger partial charge in [-0.2, -0.15) is 0 Å². The van der Waals surface area contributed by atoms with Crippen molar-refractivity contribution in [1.82, 2.24) is 21.3 Å². The number of carbonyl (C=O) groups is 4. The minimum absolute atomic E-state index is 0.838. The number of hydrogen-bond donors (Lipinski definition) is 30. The van der Waals surface area contributed by atoms with Crippen LogP contribution in [0.4, 0.5) is 0 Å². The number of rotatable bonds is 30. The molecule has 0 saturated carbocycles. The van der Waals surface area contributed by atoms with Crippen molar-refractivity contribution in [2.75, 3.05) is 59.5 Å². The molecule has 0 aromatic rings. The maximum Gasteiger partial charge on any atom is 0.217 e. The Kier molecular flexibility index (Phi) is 35.0. The van der Waals surface area contributed by atoms with Crippen molar-refractivity contribution in [3.8, 4) is 0 Å². The molecule has 10 heterocycles. The van der Waals surface area contributed by atoms with Gasteiger partial charge in [0.05, 0.1) is 65.6 Å². The molecule has 120 heavy (non-hydrogen) atoms. The first-order valence-electron chi connectivity index (χ1n) is 38.4. The number of ether oxygens (including phenoxy) is 19. The number of aliphatic hydroxyl groups is 26. The van der Waals surface area contributed by atoms with E-state index in [-0.39, 0.29) is 0 Å². The Balaban J connectivity index is 0.992. The molecule has 10 rings (SSSR count). The van der Waals surface area contributed by atoms with Crippen molar-refractivity contribution >= 4 is 23.6 Å². The van der Waals surface area contributed by atoms with Crippen LogP contribution in [0.5, 0.6) is 0 Å². The Morgan fingerprint density at radius 2 is 0.600 bits per heavy atom. The maximum absolute atomic E-state index is 13.4. The molecule has 4 amide bonds. The normalized spacial score (nSPS) is 49.7. The highest BCUT2D eigenvalue weighted by Crippen LogP contribution is 2.41. The summed E-state index contributed by atoms with van der Waals surface area (Å²) in [6, 6.07) is -7.37. The van der Waals surface area contributed by atoms with E-state index in [1.165, 1.54) is 6.92 Å². The van der Waals surface area contributed by atoms with Crippen molar-refractivity contribution in [3.05, 3.63) is 0 Å². The third kappa shape index (κ3) is 21.6. The Bertz CT molecular complexity index is 3230. The van der Waals surface area contributed by atoms with Gasteiger partial charge >= 0.3 is 0 Å². The Morgan fingerprint density at radius 1 is 0.267 bits per heavy atom. The highest BCUT2D eigenvalue weighted by atomic mass is 16.8. The fourth-order valence-electron chi connectivity index (χ4n) is 15.6. The summed E-state index contributed by atoms with van der Waals surface area (Å²) in [6.45, 7) is -4.73. The van der Waals surface area contributed by atoms with Crippen LogP contribution in [-0.2, 0) is 109 Å². The lowest BCUT2D eigenvalue weighted by Gasteiger charge is -2.52. The molecule has 0 spiro atoms. The summed E-state index contributed by atoms with van der Waals surface area (Å²) in [6.07, 6.45) is -93.3. The van der Waals surface area contributed by atoms with Crippen LogP contribution in [0.3, 0.4) is 0 Å². The van der Waals surface area contributed by atoms with E-state index in [9.17, 15) is 152 Å². The van der Waals surface area contributed by atoms with Crippen molar-refractivity contribution in [1.29, 1.82) is 0 Å². The number of nitrogens with one attached hydrogen (secondary N) is 4. The van der Waals surface area contributed by atoms with Gasteiger partial charge in [-0.15, -0.1) is 0 Å². The van der Waals surface area contributed by atoms with Gasteiger partial charge in [0.1, 0.15) is 232 Å². The summed E-state index contributed by atoms with van der Waals surface area (Å²) in [4.78, 5) is 51.4. The molecule has 10 fully saturated rings. The standard InChI is InChI=1S/C67H112N4O49/c1-15-33(84)41(92)46(97)64(104-15)118-55-31(70-18(4)81)58(101)105-27(12-78)53(55)116-60-30(69-17(3)80)40(91)50(24(9-75)109-60)115-67-57(120-63-45(96)34(85)20(83)13-102-63)56(119-66-49(100)44(95)52(26(11-77)111-66)113-59-29(68-16(2)79)39(90)35(86)21(6-72)106-59)38(89)28(112-67)14-103-62-48(99)43(94)51(25(10-76)110-62)114-61-32(71-19(5)82)54(37(88)23(8-74)107-61)117-65-47(98)42(93)36(87)22(7-73)108-65/h15,20-67,72-78,83-101H,6-14H2,1-5H3,(H,68,79)(H,69,80)(H,70,81)(H,71,82)/t15-,20+,21+,22+,23+,24+,25+,26+,27+,28+,29+,30+,31+,32+,33+,34-,35+,36-,37+,38+,39+,40+,41+,42-,43+,44+,45+,46-,47+,48-,49-,50+,51+,52+,53+,54+,55+,56-,57-,58?,59-,60-,61-,62-,63-,64-,65-,66+,67-/m0/s1. The van der Waals surface area contributed by atoms with E-state index in [1.54, 1.807) is 0 Å². The minimum Gasteiger partial charge on any atom is -0.394 e.